The van der Waals surface area contributed by atoms with Crippen molar-refractivity contribution in [3.05, 3.63) is 70.2 Å². The Morgan fingerprint density at radius 1 is 0.962 bits per heavy atom. The number of piperazine rings is 1. The summed E-state index contributed by atoms with van der Waals surface area (Å²) >= 11 is 12.0. The average molecular weight is 411 g/mol. The fraction of sp³-hybridized carbons (Fsp3) is 0.263. The van der Waals surface area contributed by atoms with Crippen LogP contribution in [0.1, 0.15) is 5.56 Å². The Labute approximate surface area is 164 Å². The summed E-state index contributed by atoms with van der Waals surface area (Å²) in [7, 11) is -3.63. The topological polar surface area (TPSA) is 40.6 Å². The Morgan fingerprint density at radius 3 is 2.35 bits per heavy atom. The largest absolute Gasteiger partial charge is 0.297 e. The summed E-state index contributed by atoms with van der Waals surface area (Å²) in [5, 5.41) is 0.556. The quantitative estimate of drug-likeness (QED) is 0.747. The number of hydrogen-bond acceptors (Lipinski definition) is 3. The SMILES string of the molecule is O=S(=O)(c1cc(Cl)ccc1Cl)N1CCN(C/C=C\c2ccccc2)CC1. The number of halogens is 2. The second-order valence-electron chi connectivity index (χ2n) is 6.09. The second kappa shape index (κ2) is 8.55. The van der Waals surface area contributed by atoms with E-state index in [0.29, 0.717) is 31.2 Å². The van der Waals surface area contributed by atoms with Crippen molar-refractivity contribution in [3.8, 4) is 0 Å². The van der Waals surface area contributed by atoms with E-state index in [-0.39, 0.29) is 9.92 Å². The molecule has 1 aliphatic rings. The Bertz CT molecular complexity index is 878. The van der Waals surface area contributed by atoms with Crippen LogP contribution in [0.5, 0.6) is 0 Å². The van der Waals surface area contributed by atoms with Gasteiger partial charge < -0.3 is 0 Å². The van der Waals surface area contributed by atoms with Gasteiger partial charge >= 0.3 is 0 Å². The number of sulfonamides is 1. The van der Waals surface area contributed by atoms with Gasteiger partial charge in [0.05, 0.1) is 5.02 Å². The van der Waals surface area contributed by atoms with Crippen LogP contribution in [-0.4, -0.2) is 50.3 Å². The van der Waals surface area contributed by atoms with E-state index in [0.717, 1.165) is 12.1 Å². The van der Waals surface area contributed by atoms with Crippen LogP contribution >= 0.6 is 23.2 Å². The molecule has 4 nitrogen and oxygen atoms in total. The third-order valence-corrected chi connectivity index (χ3v) is 6.93. The molecule has 0 atom stereocenters. The van der Waals surface area contributed by atoms with Crippen LogP contribution in [0.4, 0.5) is 0 Å². The molecule has 2 aromatic carbocycles. The van der Waals surface area contributed by atoms with Gasteiger partial charge in [-0.15, -0.1) is 0 Å². The van der Waals surface area contributed by atoms with Crippen molar-refractivity contribution in [2.24, 2.45) is 0 Å². The van der Waals surface area contributed by atoms with Crippen molar-refractivity contribution in [2.45, 2.75) is 4.90 Å². The molecule has 1 saturated heterocycles. The van der Waals surface area contributed by atoms with E-state index in [1.54, 1.807) is 6.07 Å². The highest BCUT2D eigenvalue weighted by molar-refractivity contribution is 7.89. The van der Waals surface area contributed by atoms with Crippen LogP contribution < -0.4 is 0 Å². The molecular weight excluding hydrogens is 391 g/mol. The van der Waals surface area contributed by atoms with Gasteiger partial charge in [0, 0.05) is 37.7 Å². The first-order valence-electron chi connectivity index (χ1n) is 8.36. The van der Waals surface area contributed by atoms with Crippen molar-refractivity contribution in [1.82, 2.24) is 9.21 Å². The molecule has 138 valence electrons. The molecule has 1 aliphatic heterocycles. The maximum absolute atomic E-state index is 12.8. The van der Waals surface area contributed by atoms with Crippen LogP contribution in [0.2, 0.25) is 10.0 Å². The van der Waals surface area contributed by atoms with Crippen molar-refractivity contribution in [1.29, 1.82) is 0 Å². The first-order valence-corrected chi connectivity index (χ1v) is 10.6. The van der Waals surface area contributed by atoms with E-state index in [1.165, 1.54) is 16.4 Å². The molecule has 0 aromatic heterocycles. The molecule has 7 heteroatoms. The lowest BCUT2D eigenvalue weighted by atomic mass is 10.2. The van der Waals surface area contributed by atoms with E-state index in [9.17, 15) is 8.42 Å². The Kier molecular flexibility index (Phi) is 6.37. The predicted octanol–water partition coefficient (Wildman–Crippen LogP) is 4.01. The van der Waals surface area contributed by atoms with E-state index in [1.807, 2.05) is 18.2 Å². The zero-order valence-corrected chi connectivity index (χ0v) is 16.5. The number of nitrogens with zero attached hydrogens (tertiary/aromatic N) is 2. The summed E-state index contributed by atoms with van der Waals surface area (Å²) in [4.78, 5) is 2.30. The first-order chi connectivity index (χ1) is 12.5. The number of rotatable bonds is 5. The smallest absolute Gasteiger partial charge is 0.244 e. The highest BCUT2D eigenvalue weighted by atomic mass is 35.5. The molecule has 26 heavy (non-hydrogen) atoms. The molecule has 0 bridgehead atoms. The molecule has 2 aromatic rings. The average Bonchev–Trinajstić information content (AvgIpc) is 2.65. The molecule has 0 radical (unpaired) electrons. The van der Waals surface area contributed by atoms with E-state index in [2.05, 4.69) is 29.2 Å². The summed E-state index contributed by atoms with van der Waals surface area (Å²) in [6, 6.07) is 14.6. The lowest BCUT2D eigenvalue weighted by Gasteiger charge is -2.33. The van der Waals surface area contributed by atoms with E-state index >= 15 is 0 Å². The normalized spacial score (nSPS) is 17.0. The van der Waals surface area contributed by atoms with E-state index in [4.69, 9.17) is 23.2 Å². The summed E-state index contributed by atoms with van der Waals surface area (Å²) in [5.41, 5.74) is 1.16. The lowest BCUT2D eigenvalue weighted by Crippen LogP contribution is -2.48. The Balaban J connectivity index is 1.59. The molecule has 0 aliphatic carbocycles. The summed E-state index contributed by atoms with van der Waals surface area (Å²) in [6.45, 7) is 3.02. The fourth-order valence-corrected chi connectivity index (χ4v) is 5.03. The fourth-order valence-electron chi connectivity index (χ4n) is 2.87. The highest BCUT2D eigenvalue weighted by Gasteiger charge is 2.29. The van der Waals surface area contributed by atoms with Crippen molar-refractivity contribution < 1.29 is 8.42 Å². The minimum atomic E-state index is -3.63. The third-order valence-electron chi connectivity index (χ3n) is 4.32. The monoisotopic (exact) mass is 410 g/mol. The van der Waals surface area contributed by atoms with Crippen molar-refractivity contribution >= 4 is 39.3 Å². The lowest BCUT2D eigenvalue weighted by molar-refractivity contribution is 0.204. The van der Waals surface area contributed by atoms with Crippen LogP contribution in [0.3, 0.4) is 0 Å². The minimum Gasteiger partial charge on any atom is -0.297 e. The molecule has 1 fully saturated rings. The molecule has 1 heterocycles. The van der Waals surface area contributed by atoms with Crippen LogP contribution in [0.15, 0.2) is 59.5 Å². The van der Waals surface area contributed by atoms with Crippen LogP contribution in [0, 0.1) is 0 Å². The zero-order chi connectivity index (χ0) is 18.6. The molecule has 0 amide bonds. The van der Waals surface area contributed by atoms with Gasteiger partial charge in [-0.3, -0.25) is 4.90 Å². The highest BCUT2D eigenvalue weighted by Crippen LogP contribution is 2.28. The van der Waals surface area contributed by atoms with Gasteiger partial charge in [-0.25, -0.2) is 8.42 Å². The van der Waals surface area contributed by atoms with Gasteiger partial charge in [-0.1, -0.05) is 65.7 Å². The predicted molar refractivity (Wildman–Crippen MR) is 107 cm³/mol. The summed E-state index contributed by atoms with van der Waals surface area (Å²) in [6.07, 6.45) is 4.18. The molecule has 0 saturated carbocycles. The van der Waals surface area contributed by atoms with Crippen LogP contribution in [-0.2, 0) is 10.0 Å². The van der Waals surface area contributed by atoms with Crippen molar-refractivity contribution in [3.63, 3.8) is 0 Å². The number of hydrogen-bond donors (Lipinski definition) is 0. The molecule has 0 N–H and O–H groups in total. The van der Waals surface area contributed by atoms with Gasteiger partial charge in [0.15, 0.2) is 0 Å². The van der Waals surface area contributed by atoms with Gasteiger partial charge in [-0.2, -0.15) is 4.31 Å². The maximum atomic E-state index is 12.8. The van der Waals surface area contributed by atoms with Crippen LogP contribution in [0.25, 0.3) is 6.08 Å². The Hall–Kier alpha value is -1.37. The molecule has 0 unspecified atom stereocenters. The van der Waals surface area contributed by atoms with Gasteiger partial charge in [-0.05, 0) is 23.8 Å². The third kappa shape index (κ3) is 4.67. The maximum Gasteiger partial charge on any atom is 0.244 e. The van der Waals surface area contributed by atoms with E-state index < -0.39 is 10.0 Å². The number of benzene rings is 2. The molecule has 0 spiro atoms. The first kappa shape index (κ1) is 19.4. The summed E-state index contributed by atoms with van der Waals surface area (Å²) < 4.78 is 27.1. The second-order valence-corrected chi connectivity index (χ2v) is 8.84. The van der Waals surface area contributed by atoms with Gasteiger partial charge in [0.2, 0.25) is 10.0 Å². The minimum absolute atomic E-state index is 0.0732. The van der Waals surface area contributed by atoms with Gasteiger partial charge in [0.25, 0.3) is 0 Å². The standard InChI is InChI=1S/C19H20Cl2N2O2S/c20-17-8-9-18(21)19(15-17)26(24,25)23-13-11-22(12-14-23)10-4-7-16-5-2-1-3-6-16/h1-9,15H,10-14H2/b7-4-. The molecule has 3 rings (SSSR count). The Morgan fingerprint density at radius 2 is 1.65 bits per heavy atom. The summed E-state index contributed by atoms with van der Waals surface area (Å²) in [5.74, 6) is 0. The van der Waals surface area contributed by atoms with Crippen molar-refractivity contribution in [2.75, 3.05) is 32.7 Å². The van der Waals surface area contributed by atoms with Gasteiger partial charge in [0.1, 0.15) is 4.90 Å². The molecular formula is C19H20Cl2N2O2S. The zero-order valence-electron chi connectivity index (χ0n) is 14.2.